The summed E-state index contributed by atoms with van der Waals surface area (Å²) in [5, 5.41) is 3.70. The van der Waals surface area contributed by atoms with Crippen LogP contribution in [0.5, 0.6) is 0 Å². The molecule has 1 aromatic carbocycles. The molecule has 0 spiro atoms. The van der Waals surface area contributed by atoms with E-state index in [1.807, 2.05) is 0 Å². The summed E-state index contributed by atoms with van der Waals surface area (Å²) in [5.41, 5.74) is 1.40. The first-order valence-electron chi connectivity index (χ1n) is 8.07. The Morgan fingerprint density at radius 2 is 1.65 bits per heavy atom. The summed E-state index contributed by atoms with van der Waals surface area (Å²) in [6.45, 7) is 14.7. The molecule has 1 unspecified atom stereocenters. The van der Waals surface area contributed by atoms with Crippen molar-refractivity contribution in [2.45, 2.75) is 53.1 Å². The van der Waals surface area contributed by atoms with Crippen LogP contribution in [-0.4, -0.2) is 30.6 Å². The highest BCUT2D eigenvalue weighted by atomic mass is 15.2. The van der Waals surface area contributed by atoms with Gasteiger partial charge in [-0.05, 0) is 38.3 Å². The number of rotatable bonds is 9. The number of hydrogen-bond acceptors (Lipinski definition) is 2. The molecule has 1 N–H and O–H groups in total. The van der Waals surface area contributed by atoms with Crippen LogP contribution in [0.4, 0.5) is 0 Å². The average Bonchev–Trinajstić information content (AvgIpc) is 2.42. The molecule has 0 fully saturated rings. The SMILES string of the molecule is CCCNC(CN(CC(C)C)C(C)C)c1ccccc1. The Bertz CT molecular complexity index is 346. The maximum absolute atomic E-state index is 3.70. The first-order chi connectivity index (χ1) is 9.54. The number of nitrogens with one attached hydrogen (secondary N) is 1. The van der Waals surface area contributed by atoms with E-state index in [0.29, 0.717) is 18.0 Å². The summed E-state index contributed by atoms with van der Waals surface area (Å²) in [6.07, 6.45) is 1.18. The maximum atomic E-state index is 3.70. The topological polar surface area (TPSA) is 15.3 Å². The smallest absolute Gasteiger partial charge is 0.0449 e. The van der Waals surface area contributed by atoms with Crippen LogP contribution in [-0.2, 0) is 0 Å². The zero-order valence-electron chi connectivity index (χ0n) is 13.9. The highest BCUT2D eigenvalue weighted by Gasteiger charge is 2.18. The van der Waals surface area contributed by atoms with E-state index in [9.17, 15) is 0 Å². The van der Waals surface area contributed by atoms with Crippen LogP contribution in [0.2, 0.25) is 0 Å². The van der Waals surface area contributed by atoms with Crippen molar-refractivity contribution in [1.29, 1.82) is 0 Å². The van der Waals surface area contributed by atoms with Crippen molar-refractivity contribution < 1.29 is 0 Å². The van der Waals surface area contributed by atoms with E-state index in [-0.39, 0.29) is 0 Å². The molecule has 20 heavy (non-hydrogen) atoms. The highest BCUT2D eigenvalue weighted by Crippen LogP contribution is 2.16. The van der Waals surface area contributed by atoms with Crippen molar-refractivity contribution in [3.63, 3.8) is 0 Å². The van der Waals surface area contributed by atoms with Gasteiger partial charge in [0, 0.05) is 25.2 Å². The minimum atomic E-state index is 0.428. The lowest BCUT2D eigenvalue weighted by molar-refractivity contribution is 0.177. The molecular weight excluding hydrogens is 244 g/mol. The van der Waals surface area contributed by atoms with E-state index in [1.165, 1.54) is 12.0 Å². The van der Waals surface area contributed by atoms with E-state index in [0.717, 1.165) is 19.6 Å². The molecule has 0 aliphatic heterocycles. The Labute approximate surface area is 125 Å². The summed E-state index contributed by atoms with van der Waals surface area (Å²) in [5.74, 6) is 0.708. The number of benzene rings is 1. The lowest BCUT2D eigenvalue weighted by Crippen LogP contribution is -2.41. The van der Waals surface area contributed by atoms with Gasteiger partial charge in [0.15, 0.2) is 0 Å². The van der Waals surface area contributed by atoms with Crippen LogP contribution in [0, 0.1) is 5.92 Å². The molecule has 0 saturated carbocycles. The molecule has 0 heterocycles. The predicted octanol–water partition coefficient (Wildman–Crippen LogP) is 4.09. The summed E-state index contributed by atoms with van der Waals surface area (Å²) in [4.78, 5) is 2.59. The predicted molar refractivity (Wildman–Crippen MR) is 89.0 cm³/mol. The van der Waals surface area contributed by atoms with Gasteiger partial charge < -0.3 is 5.32 Å². The molecule has 0 bridgehead atoms. The molecular formula is C18H32N2. The van der Waals surface area contributed by atoms with Gasteiger partial charge in [0.1, 0.15) is 0 Å². The molecule has 0 aliphatic rings. The van der Waals surface area contributed by atoms with Gasteiger partial charge in [0.05, 0.1) is 0 Å². The van der Waals surface area contributed by atoms with E-state index < -0.39 is 0 Å². The van der Waals surface area contributed by atoms with Crippen molar-refractivity contribution in [2.24, 2.45) is 5.92 Å². The molecule has 0 aliphatic carbocycles. The zero-order valence-corrected chi connectivity index (χ0v) is 13.9. The standard InChI is InChI=1S/C18H32N2/c1-6-12-19-18(17-10-8-7-9-11-17)14-20(16(4)5)13-15(2)3/h7-11,15-16,18-19H,6,12-14H2,1-5H3. The van der Waals surface area contributed by atoms with Crippen molar-refractivity contribution in [3.05, 3.63) is 35.9 Å². The second-order valence-corrected chi connectivity index (χ2v) is 6.36. The monoisotopic (exact) mass is 276 g/mol. The summed E-state index contributed by atoms with van der Waals surface area (Å²) < 4.78 is 0. The normalized spacial score (nSPS) is 13.4. The molecule has 114 valence electrons. The summed E-state index contributed by atoms with van der Waals surface area (Å²) in [7, 11) is 0. The van der Waals surface area contributed by atoms with Crippen molar-refractivity contribution >= 4 is 0 Å². The summed E-state index contributed by atoms with van der Waals surface area (Å²) >= 11 is 0. The lowest BCUT2D eigenvalue weighted by atomic mass is 10.0. The molecule has 0 saturated heterocycles. The van der Waals surface area contributed by atoms with Gasteiger partial charge >= 0.3 is 0 Å². The molecule has 2 nitrogen and oxygen atoms in total. The van der Waals surface area contributed by atoms with Gasteiger partial charge in [-0.3, -0.25) is 4.90 Å². The zero-order chi connectivity index (χ0) is 15.0. The fourth-order valence-corrected chi connectivity index (χ4v) is 2.49. The molecule has 2 heteroatoms. The van der Waals surface area contributed by atoms with Gasteiger partial charge in [-0.15, -0.1) is 0 Å². The average molecular weight is 276 g/mol. The van der Waals surface area contributed by atoms with Crippen LogP contribution in [0.3, 0.4) is 0 Å². The third kappa shape index (κ3) is 6.06. The highest BCUT2D eigenvalue weighted by molar-refractivity contribution is 5.19. The largest absolute Gasteiger partial charge is 0.309 e. The van der Waals surface area contributed by atoms with Crippen molar-refractivity contribution in [3.8, 4) is 0 Å². The number of nitrogens with zero attached hydrogens (tertiary/aromatic N) is 1. The van der Waals surface area contributed by atoms with E-state index in [4.69, 9.17) is 0 Å². The lowest BCUT2D eigenvalue weighted by Gasteiger charge is -2.32. The van der Waals surface area contributed by atoms with E-state index >= 15 is 0 Å². The molecule has 0 radical (unpaired) electrons. The van der Waals surface area contributed by atoms with Crippen LogP contribution in [0.15, 0.2) is 30.3 Å². The van der Waals surface area contributed by atoms with Crippen LogP contribution >= 0.6 is 0 Å². The first kappa shape index (κ1) is 17.2. The third-order valence-electron chi connectivity index (χ3n) is 3.59. The Balaban J connectivity index is 2.76. The Kier molecular flexibility index (Phi) is 7.86. The Hall–Kier alpha value is -0.860. The molecule has 0 amide bonds. The van der Waals surface area contributed by atoms with Crippen LogP contribution in [0.1, 0.15) is 52.6 Å². The minimum Gasteiger partial charge on any atom is -0.309 e. The Morgan fingerprint density at radius 1 is 1.00 bits per heavy atom. The Morgan fingerprint density at radius 3 is 2.15 bits per heavy atom. The maximum Gasteiger partial charge on any atom is 0.0449 e. The van der Waals surface area contributed by atoms with Gasteiger partial charge in [-0.2, -0.15) is 0 Å². The molecule has 1 rings (SSSR count). The fraction of sp³-hybridized carbons (Fsp3) is 0.667. The third-order valence-corrected chi connectivity index (χ3v) is 3.59. The van der Waals surface area contributed by atoms with Gasteiger partial charge in [0.2, 0.25) is 0 Å². The minimum absolute atomic E-state index is 0.428. The van der Waals surface area contributed by atoms with Gasteiger partial charge in [-0.25, -0.2) is 0 Å². The fourth-order valence-electron chi connectivity index (χ4n) is 2.49. The van der Waals surface area contributed by atoms with E-state index in [2.05, 4.69) is 75.2 Å². The molecule has 0 aromatic heterocycles. The van der Waals surface area contributed by atoms with Crippen LogP contribution < -0.4 is 5.32 Å². The van der Waals surface area contributed by atoms with Crippen LogP contribution in [0.25, 0.3) is 0 Å². The first-order valence-corrected chi connectivity index (χ1v) is 8.07. The molecule has 1 aromatic rings. The second kappa shape index (κ2) is 9.15. The number of hydrogen-bond donors (Lipinski definition) is 1. The van der Waals surface area contributed by atoms with Gasteiger partial charge in [-0.1, -0.05) is 51.1 Å². The van der Waals surface area contributed by atoms with E-state index in [1.54, 1.807) is 0 Å². The van der Waals surface area contributed by atoms with Crippen molar-refractivity contribution in [2.75, 3.05) is 19.6 Å². The second-order valence-electron chi connectivity index (χ2n) is 6.36. The summed E-state index contributed by atoms with van der Waals surface area (Å²) in [6, 6.07) is 11.9. The quantitative estimate of drug-likeness (QED) is 0.730. The van der Waals surface area contributed by atoms with Crippen molar-refractivity contribution in [1.82, 2.24) is 10.2 Å². The van der Waals surface area contributed by atoms with Gasteiger partial charge in [0.25, 0.3) is 0 Å². The molecule has 1 atom stereocenters.